The first-order valence-electron chi connectivity index (χ1n) is 5.68. The largest absolute Gasteiger partial charge is 0.143 e. The van der Waals surface area contributed by atoms with Gasteiger partial charge in [0.2, 0.25) is 0 Å². The van der Waals surface area contributed by atoms with Crippen LogP contribution in [0.1, 0.15) is 0 Å². The fraction of sp³-hybridized carbons (Fsp3) is 0. The minimum Gasteiger partial charge on any atom is -0.143 e. The average molecular weight is 270 g/mol. The summed E-state index contributed by atoms with van der Waals surface area (Å²) in [5.41, 5.74) is 0. The maximum Gasteiger partial charge on any atom is 0.0119 e. The predicted octanol–water partition coefficient (Wildman–Crippen LogP) is 5.10. The Balaban J connectivity index is 0.000000149. The van der Waals surface area contributed by atoms with E-state index in [0.29, 0.717) is 0 Å². The first-order chi connectivity index (χ1) is 8.77. The monoisotopic (exact) mass is 270 g/mol. The molecule has 0 heterocycles. The molecule has 0 saturated carbocycles. The highest BCUT2D eigenvalue weighted by Crippen LogP contribution is 2.20. The zero-order chi connectivity index (χ0) is 12.8. The molecule has 3 aromatic carbocycles. The Labute approximate surface area is 118 Å². The number of rotatable bonds is 0. The molecular formula is C16H14S2. The Kier molecular flexibility index (Phi) is 4.73. The number of benzene rings is 3. The van der Waals surface area contributed by atoms with Crippen LogP contribution in [0, 0.1) is 0 Å². The van der Waals surface area contributed by atoms with Crippen molar-refractivity contribution in [2.75, 3.05) is 0 Å². The van der Waals surface area contributed by atoms with Crippen molar-refractivity contribution in [1.29, 1.82) is 0 Å². The molecule has 0 nitrogen and oxygen atoms in total. The molecule has 0 N–H and O–H groups in total. The van der Waals surface area contributed by atoms with Crippen LogP contribution in [0.5, 0.6) is 0 Å². The second kappa shape index (κ2) is 6.53. The highest BCUT2D eigenvalue weighted by atomic mass is 32.1. The molecular weight excluding hydrogens is 256 g/mol. The number of thiol groups is 2. The lowest BCUT2D eigenvalue weighted by Gasteiger charge is -1.98. The van der Waals surface area contributed by atoms with Crippen LogP contribution in [0.15, 0.2) is 82.6 Å². The average Bonchev–Trinajstić information content (AvgIpc) is 2.41. The van der Waals surface area contributed by atoms with Gasteiger partial charge in [-0.1, -0.05) is 54.6 Å². The van der Waals surface area contributed by atoms with Crippen LogP contribution in [0.4, 0.5) is 0 Å². The molecule has 3 rings (SSSR count). The fourth-order valence-electron chi connectivity index (χ4n) is 1.64. The highest BCUT2D eigenvalue weighted by molar-refractivity contribution is 7.80. The molecule has 0 aliphatic heterocycles. The molecule has 0 saturated heterocycles. The number of hydrogen-bond donors (Lipinski definition) is 2. The summed E-state index contributed by atoms with van der Waals surface area (Å²) >= 11 is 8.43. The van der Waals surface area contributed by atoms with Crippen molar-refractivity contribution in [2.45, 2.75) is 9.79 Å². The molecule has 0 spiro atoms. The van der Waals surface area contributed by atoms with Crippen LogP contribution in [-0.4, -0.2) is 0 Å². The normalized spacial score (nSPS) is 9.67. The summed E-state index contributed by atoms with van der Waals surface area (Å²) in [6.45, 7) is 0. The van der Waals surface area contributed by atoms with E-state index >= 15 is 0 Å². The van der Waals surface area contributed by atoms with Crippen molar-refractivity contribution in [3.63, 3.8) is 0 Å². The highest BCUT2D eigenvalue weighted by Gasteiger charge is 1.92. The SMILES string of the molecule is Sc1cccc2ccccc12.Sc1ccccc1. The van der Waals surface area contributed by atoms with Gasteiger partial charge in [0.25, 0.3) is 0 Å². The molecule has 0 amide bonds. The van der Waals surface area contributed by atoms with Crippen molar-refractivity contribution in [3.8, 4) is 0 Å². The second-order valence-electron chi connectivity index (χ2n) is 3.83. The first kappa shape index (κ1) is 13.1. The Hall–Kier alpha value is -1.38. The predicted molar refractivity (Wildman–Crippen MR) is 84.9 cm³/mol. The standard InChI is InChI=1S/C10H8S.C6H6S/c11-10-7-3-5-8-4-1-2-6-9(8)10;7-6-4-2-1-3-5-6/h1-7,11H;1-5,7H. The zero-order valence-electron chi connectivity index (χ0n) is 9.82. The van der Waals surface area contributed by atoms with E-state index in [2.05, 4.69) is 43.5 Å². The Morgan fingerprint density at radius 3 is 1.78 bits per heavy atom. The van der Waals surface area contributed by atoms with Crippen molar-refractivity contribution >= 4 is 36.0 Å². The third kappa shape index (κ3) is 3.56. The smallest absolute Gasteiger partial charge is 0.0119 e. The minimum atomic E-state index is 1.02. The third-order valence-corrected chi connectivity index (χ3v) is 3.21. The van der Waals surface area contributed by atoms with Gasteiger partial charge < -0.3 is 0 Å². The fourth-order valence-corrected chi connectivity index (χ4v) is 2.10. The summed E-state index contributed by atoms with van der Waals surface area (Å²) in [6.07, 6.45) is 0. The lowest BCUT2D eigenvalue weighted by Crippen LogP contribution is -1.71. The van der Waals surface area contributed by atoms with Crippen molar-refractivity contribution in [2.24, 2.45) is 0 Å². The summed E-state index contributed by atoms with van der Waals surface area (Å²) in [7, 11) is 0. The Bertz CT molecular complexity index is 613. The van der Waals surface area contributed by atoms with Gasteiger partial charge in [-0.05, 0) is 29.0 Å². The van der Waals surface area contributed by atoms with Crippen LogP contribution < -0.4 is 0 Å². The molecule has 0 atom stereocenters. The first-order valence-corrected chi connectivity index (χ1v) is 6.57. The zero-order valence-corrected chi connectivity index (χ0v) is 11.6. The second-order valence-corrected chi connectivity index (χ2v) is 4.83. The summed E-state index contributed by atoms with van der Waals surface area (Å²) in [4.78, 5) is 2.06. The summed E-state index contributed by atoms with van der Waals surface area (Å²) in [5.74, 6) is 0. The lowest BCUT2D eigenvalue weighted by atomic mass is 10.1. The molecule has 90 valence electrons. The molecule has 0 radical (unpaired) electrons. The van der Waals surface area contributed by atoms with Crippen LogP contribution >= 0.6 is 25.3 Å². The van der Waals surface area contributed by atoms with E-state index in [1.54, 1.807) is 0 Å². The van der Waals surface area contributed by atoms with E-state index in [-0.39, 0.29) is 0 Å². The van der Waals surface area contributed by atoms with Gasteiger partial charge in [0.05, 0.1) is 0 Å². The van der Waals surface area contributed by atoms with E-state index < -0.39 is 0 Å². The van der Waals surface area contributed by atoms with Gasteiger partial charge in [-0.2, -0.15) is 0 Å². The van der Waals surface area contributed by atoms with Gasteiger partial charge in [-0.25, -0.2) is 0 Å². The number of fused-ring (bicyclic) bond motifs is 1. The molecule has 0 aliphatic rings. The van der Waals surface area contributed by atoms with Crippen LogP contribution in [-0.2, 0) is 0 Å². The molecule has 0 aliphatic carbocycles. The molecule has 0 aromatic heterocycles. The van der Waals surface area contributed by atoms with Crippen LogP contribution in [0.2, 0.25) is 0 Å². The third-order valence-electron chi connectivity index (χ3n) is 2.52. The summed E-state index contributed by atoms with van der Waals surface area (Å²) < 4.78 is 0. The van der Waals surface area contributed by atoms with E-state index in [0.717, 1.165) is 9.79 Å². The quantitative estimate of drug-likeness (QED) is 0.521. The van der Waals surface area contributed by atoms with E-state index in [9.17, 15) is 0 Å². The molecule has 0 bridgehead atoms. The Morgan fingerprint density at radius 2 is 1.17 bits per heavy atom. The summed E-state index contributed by atoms with van der Waals surface area (Å²) in [6, 6.07) is 24.1. The minimum absolute atomic E-state index is 1.02. The van der Waals surface area contributed by atoms with Crippen molar-refractivity contribution in [1.82, 2.24) is 0 Å². The van der Waals surface area contributed by atoms with Gasteiger partial charge in [0.15, 0.2) is 0 Å². The van der Waals surface area contributed by atoms with E-state index in [4.69, 9.17) is 0 Å². The van der Waals surface area contributed by atoms with Gasteiger partial charge in [-0.3, -0.25) is 0 Å². The molecule has 2 heteroatoms. The van der Waals surface area contributed by atoms with Gasteiger partial charge >= 0.3 is 0 Å². The number of hydrogen-bond acceptors (Lipinski definition) is 2. The summed E-state index contributed by atoms with van der Waals surface area (Å²) in [5, 5.41) is 2.47. The molecule has 0 unspecified atom stereocenters. The van der Waals surface area contributed by atoms with Crippen LogP contribution in [0.3, 0.4) is 0 Å². The van der Waals surface area contributed by atoms with Crippen molar-refractivity contribution in [3.05, 3.63) is 72.8 Å². The van der Waals surface area contributed by atoms with Gasteiger partial charge in [-0.15, -0.1) is 25.3 Å². The van der Waals surface area contributed by atoms with Gasteiger partial charge in [0.1, 0.15) is 0 Å². The van der Waals surface area contributed by atoms with E-state index in [1.165, 1.54) is 10.8 Å². The van der Waals surface area contributed by atoms with Crippen LogP contribution in [0.25, 0.3) is 10.8 Å². The Morgan fingerprint density at radius 1 is 0.556 bits per heavy atom. The maximum atomic E-state index is 4.35. The lowest BCUT2D eigenvalue weighted by molar-refractivity contribution is 1.48. The molecule has 18 heavy (non-hydrogen) atoms. The molecule has 0 fully saturated rings. The van der Waals surface area contributed by atoms with Crippen molar-refractivity contribution < 1.29 is 0 Å². The van der Waals surface area contributed by atoms with Gasteiger partial charge in [0, 0.05) is 9.79 Å². The topological polar surface area (TPSA) is 0 Å². The molecule has 3 aromatic rings. The van der Waals surface area contributed by atoms with E-state index in [1.807, 2.05) is 54.6 Å². The maximum absolute atomic E-state index is 4.35.